The Kier molecular flexibility index (Phi) is 7.60. The number of nitrogens with one attached hydrogen (secondary N) is 4. The minimum Gasteiger partial charge on any atom is -0.495 e. The Morgan fingerprint density at radius 2 is 1.67 bits per heavy atom. The second kappa shape index (κ2) is 11.4. The lowest BCUT2D eigenvalue weighted by Crippen LogP contribution is -2.26. The van der Waals surface area contributed by atoms with E-state index in [1.807, 2.05) is 18.3 Å². The molecule has 4 aromatic rings. The van der Waals surface area contributed by atoms with Crippen molar-refractivity contribution in [3.05, 3.63) is 59.8 Å². The minimum atomic E-state index is -0.216. The molecule has 0 radical (unpaired) electrons. The van der Waals surface area contributed by atoms with Crippen LogP contribution in [-0.2, 0) is 4.74 Å². The number of anilines is 2. The van der Waals surface area contributed by atoms with Crippen molar-refractivity contribution in [3.63, 3.8) is 0 Å². The van der Waals surface area contributed by atoms with Gasteiger partial charge in [-0.3, -0.25) is 9.59 Å². The van der Waals surface area contributed by atoms with Crippen molar-refractivity contribution in [2.45, 2.75) is 18.9 Å². The topological polar surface area (TPSA) is 139 Å². The largest absolute Gasteiger partial charge is 0.495 e. The predicted molar refractivity (Wildman–Crippen MR) is 147 cm³/mol. The van der Waals surface area contributed by atoms with E-state index < -0.39 is 0 Å². The Labute approximate surface area is 225 Å². The van der Waals surface area contributed by atoms with E-state index in [0.29, 0.717) is 53.3 Å². The Hall–Kier alpha value is -4.64. The predicted octanol–water partition coefficient (Wildman–Crippen LogP) is 3.65. The SMILES string of the molecule is CNC(=O)c1ccc(-c2c[nH]c3nc(Nc4ccc(C(=O)NC)cc4OC)nc(OC4CCOCC4)c23)cc1. The number of H-pyrrole nitrogens is 1. The number of rotatable bonds is 8. The molecule has 1 saturated heterocycles. The van der Waals surface area contributed by atoms with Gasteiger partial charge in [-0.05, 0) is 35.9 Å². The molecule has 11 nitrogen and oxygen atoms in total. The van der Waals surface area contributed by atoms with Crippen LogP contribution >= 0.6 is 0 Å². The number of aromatic amines is 1. The molecule has 4 N–H and O–H groups in total. The third-order valence-corrected chi connectivity index (χ3v) is 6.57. The molecule has 39 heavy (non-hydrogen) atoms. The van der Waals surface area contributed by atoms with Gasteiger partial charge in [0, 0.05) is 49.8 Å². The first-order valence-electron chi connectivity index (χ1n) is 12.6. The van der Waals surface area contributed by atoms with Crippen LogP contribution < -0.4 is 25.4 Å². The van der Waals surface area contributed by atoms with Crippen molar-refractivity contribution in [3.8, 4) is 22.8 Å². The van der Waals surface area contributed by atoms with E-state index in [9.17, 15) is 9.59 Å². The number of benzene rings is 2. The van der Waals surface area contributed by atoms with Gasteiger partial charge < -0.3 is 35.1 Å². The third kappa shape index (κ3) is 5.48. The zero-order chi connectivity index (χ0) is 27.4. The molecule has 0 unspecified atom stereocenters. The van der Waals surface area contributed by atoms with Crippen molar-refractivity contribution in [2.75, 3.05) is 39.7 Å². The lowest BCUT2D eigenvalue weighted by molar-refractivity contribution is 0.0244. The molecule has 2 amide bonds. The monoisotopic (exact) mass is 530 g/mol. The van der Waals surface area contributed by atoms with Crippen LogP contribution in [-0.4, -0.2) is 67.3 Å². The fraction of sp³-hybridized carbons (Fsp3) is 0.286. The summed E-state index contributed by atoms with van der Waals surface area (Å²) in [6.45, 7) is 1.25. The van der Waals surface area contributed by atoms with Crippen LogP contribution in [0.5, 0.6) is 11.6 Å². The highest BCUT2D eigenvalue weighted by Gasteiger charge is 2.22. The lowest BCUT2D eigenvalue weighted by Gasteiger charge is -2.23. The number of amides is 2. The summed E-state index contributed by atoms with van der Waals surface area (Å²) >= 11 is 0. The molecule has 0 saturated carbocycles. The van der Waals surface area contributed by atoms with E-state index in [1.165, 1.54) is 7.11 Å². The molecule has 5 rings (SSSR count). The maximum absolute atomic E-state index is 12.1. The van der Waals surface area contributed by atoms with Crippen molar-refractivity contribution in [1.29, 1.82) is 0 Å². The summed E-state index contributed by atoms with van der Waals surface area (Å²) in [6.07, 6.45) is 3.31. The fourth-order valence-corrected chi connectivity index (χ4v) is 4.47. The van der Waals surface area contributed by atoms with Gasteiger partial charge in [-0.2, -0.15) is 9.97 Å². The van der Waals surface area contributed by atoms with Crippen LogP contribution in [0.15, 0.2) is 48.7 Å². The first-order valence-corrected chi connectivity index (χ1v) is 12.6. The molecule has 2 aromatic heterocycles. The van der Waals surface area contributed by atoms with Gasteiger partial charge in [-0.15, -0.1) is 0 Å². The van der Waals surface area contributed by atoms with Crippen molar-refractivity contribution >= 4 is 34.5 Å². The summed E-state index contributed by atoms with van der Waals surface area (Å²) in [5.41, 5.74) is 3.96. The van der Waals surface area contributed by atoms with Crippen molar-refractivity contribution in [2.24, 2.45) is 0 Å². The number of hydrogen-bond donors (Lipinski definition) is 4. The number of fused-ring (bicyclic) bond motifs is 1. The zero-order valence-electron chi connectivity index (χ0n) is 22.0. The van der Waals surface area contributed by atoms with Crippen LogP contribution in [0.4, 0.5) is 11.6 Å². The normalized spacial score (nSPS) is 13.6. The summed E-state index contributed by atoms with van der Waals surface area (Å²) in [4.78, 5) is 36.7. The fourth-order valence-electron chi connectivity index (χ4n) is 4.47. The molecule has 0 aliphatic carbocycles. The number of methoxy groups -OCH3 is 1. The molecule has 0 bridgehead atoms. The van der Waals surface area contributed by atoms with Crippen LogP contribution in [0, 0.1) is 0 Å². The number of hydrogen-bond acceptors (Lipinski definition) is 8. The van der Waals surface area contributed by atoms with E-state index in [0.717, 1.165) is 29.4 Å². The van der Waals surface area contributed by atoms with E-state index in [1.54, 1.807) is 44.4 Å². The smallest absolute Gasteiger partial charge is 0.251 e. The summed E-state index contributed by atoms with van der Waals surface area (Å²) < 4.78 is 17.4. The molecule has 0 spiro atoms. The number of ether oxygens (including phenoxy) is 3. The summed E-state index contributed by atoms with van der Waals surface area (Å²) in [7, 11) is 4.71. The highest BCUT2D eigenvalue weighted by atomic mass is 16.5. The Bertz CT molecular complexity index is 1490. The van der Waals surface area contributed by atoms with Crippen LogP contribution in [0.25, 0.3) is 22.2 Å². The van der Waals surface area contributed by atoms with Crippen LogP contribution in [0.2, 0.25) is 0 Å². The van der Waals surface area contributed by atoms with Gasteiger partial charge in [0.15, 0.2) is 0 Å². The molecule has 1 aliphatic rings. The average Bonchev–Trinajstić information content (AvgIpc) is 3.41. The first-order chi connectivity index (χ1) is 19.0. The molecule has 1 fully saturated rings. The molecule has 3 heterocycles. The van der Waals surface area contributed by atoms with Crippen LogP contribution in [0.1, 0.15) is 33.6 Å². The minimum absolute atomic E-state index is 0.0514. The van der Waals surface area contributed by atoms with E-state index >= 15 is 0 Å². The van der Waals surface area contributed by atoms with Crippen molar-refractivity contribution in [1.82, 2.24) is 25.6 Å². The molecular weight excluding hydrogens is 500 g/mol. The maximum atomic E-state index is 12.1. The average molecular weight is 531 g/mol. The Morgan fingerprint density at radius 1 is 0.974 bits per heavy atom. The molecular formula is C28H30N6O5. The van der Waals surface area contributed by atoms with Gasteiger partial charge in [0.25, 0.3) is 11.8 Å². The Balaban J connectivity index is 1.54. The van der Waals surface area contributed by atoms with Crippen LogP contribution in [0.3, 0.4) is 0 Å². The third-order valence-electron chi connectivity index (χ3n) is 6.57. The quantitative estimate of drug-likeness (QED) is 0.271. The number of nitrogens with zero attached hydrogens (tertiary/aromatic N) is 2. The van der Waals surface area contributed by atoms with Gasteiger partial charge in [-0.25, -0.2) is 0 Å². The highest BCUT2D eigenvalue weighted by molar-refractivity contribution is 5.99. The standard InChI is InChI=1S/C28H30N6O5/c1-29-25(35)17-6-4-16(5-7-17)20-15-31-24-23(20)27(39-19-10-12-38-13-11-19)34-28(33-24)32-21-9-8-18(26(36)30-2)14-22(21)37-3/h4-9,14-15,19H,10-13H2,1-3H3,(H,29,35)(H,30,36)(H2,31,32,33,34). The van der Waals surface area contributed by atoms with Gasteiger partial charge in [0.1, 0.15) is 17.5 Å². The molecule has 11 heteroatoms. The van der Waals surface area contributed by atoms with Gasteiger partial charge in [-0.1, -0.05) is 12.1 Å². The molecule has 2 aromatic carbocycles. The number of carbonyl (C=O) groups excluding carboxylic acids is 2. The molecule has 202 valence electrons. The van der Waals surface area contributed by atoms with Gasteiger partial charge in [0.2, 0.25) is 11.8 Å². The molecule has 1 aliphatic heterocycles. The van der Waals surface area contributed by atoms with E-state index in [-0.39, 0.29) is 17.9 Å². The number of aromatic nitrogens is 3. The second-order valence-electron chi connectivity index (χ2n) is 8.98. The summed E-state index contributed by atoms with van der Waals surface area (Å²) in [5.74, 6) is 0.838. The lowest BCUT2D eigenvalue weighted by atomic mass is 10.0. The highest BCUT2D eigenvalue weighted by Crippen LogP contribution is 2.37. The zero-order valence-corrected chi connectivity index (χ0v) is 22.0. The first kappa shape index (κ1) is 26.0. The van der Waals surface area contributed by atoms with Gasteiger partial charge >= 0.3 is 0 Å². The maximum Gasteiger partial charge on any atom is 0.251 e. The number of carbonyl (C=O) groups is 2. The Morgan fingerprint density at radius 3 is 2.36 bits per heavy atom. The van der Waals surface area contributed by atoms with Crippen molar-refractivity contribution < 1.29 is 23.8 Å². The van der Waals surface area contributed by atoms with E-state index in [2.05, 4.69) is 20.9 Å². The summed E-state index contributed by atoms with van der Waals surface area (Å²) in [5, 5.41) is 9.18. The van der Waals surface area contributed by atoms with E-state index in [4.69, 9.17) is 24.2 Å². The summed E-state index contributed by atoms with van der Waals surface area (Å²) in [6, 6.07) is 12.4. The second-order valence-corrected chi connectivity index (χ2v) is 8.98. The molecule has 0 atom stereocenters. The van der Waals surface area contributed by atoms with Gasteiger partial charge in [0.05, 0.1) is 31.4 Å².